The maximum Gasteiger partial charge on any atom is 0.322 e. The summed E-state index contributed by atoms with van der Waals surface area (Å²) in [7, 11) is 0. The zero-order valence-corrected chi connectivity index (χ0v) is 10.3. The Balaban J connectivity index is 1.69. The molecule has 3 rings (SSSR count). The minimum absolute atomic E-state index is 0.489. The third kappa shape index (κ3) is 2.53. The molecule has 94 valence electrons. The van der Waals surface area contributed by atoms with E-state index in [4.69, 9.17) is 4.52 Å². The topological polar surface area (TPSA) is 51.0 Å². The highest BCUT2D eigenvalue weighted by molar-refractivity contribution is 5.54. The molecule has 4 heteroatoms. The number of nitrogens with one attached hydrogen (secondary N) is 1. The highest BCUT2D eigenvalue weighted by Crippen LogP contribution is 2.22. The summed E-state index contributed by atoms with van der Waals surface area (Å²) in [6, 6.07) is 10.9. The van der Waals surface area contributed by atoms with Gasteiger partial charge in [0, 0.05) is 11.6 Å². The Morgan fingerprint density at radius 2 is 1.83 bits per heavy atom. The van der Waals surface area contributed by atoms with Gasteiger partial charge >= 0.3 is 6.01 Å². The molecular formula is C14H17N3O. The van der Waals surface area contributed by atoms with E-state index >= 15 is 0 Å². The van der Waals surface area contributed by atoms with Crippen molar-refractivity contribution in [2.45, 2.75) is 38.1 Å². The highest BCUT2D eigenvalue weighted by Gasteiger charge is 2.16. The third-order valence-corrected chi connectivity index (χ3v) is 3.39. The van der Waals surface area contributed by atoms with Gasteiger partial charge in [-0.2, -0.15) is 4.98 Å². The van der Waals surface area contributed by atoms with Crippen LogP contribution in [0.5, 0.6) is 0 Å². The number of aromatic nitrogens is 2. The quantitative estimate of drug-likeness (QED) is 0.896. The number of benzene rings is 1. The van der Waals surface area contributed by atoms with Gasteiger partial charge in [0.2, 0.25) is 5.82 Å². The largest absolute Gasteiger partial charge is 0.335 e. The molecule has 0 aliphatic heterocycles. The fourth-order valence-corrected chi connectivity index (χ4v) is 2.41. The summed E-state index contributed by atoms with van der Waals surface area (Å²) >= 11 is 0. The van der Waals surface area contributed by atoms with Crippen LogP contribution in [0.4, 0.5) is 6.01 Å². The average Bonchev–Trinajstić information content (AvgIpc) is 2.89. The Bertz CT molecular complexity index is 489. The van der Waals surface area contributed by atoms with Crippen LogP contribution in [0.25, 0.3) is 11.4 Å². The van der Waals surface area contributed by atoms with Crippen LogP contribution in [0.2, 0.25) is 0 Å². The minimum atomic E-state index is 0.489. The molecule has 1 aliphatic carbocycles. The van der Waals surface area contributed by atoms with Crippen LogP contribution in [-0.2, 0) is 0 Å². The zero-order valence-electron chi connectivity index (χ0n) is 10.3. The summed E-state index contributed by atoms with van der Waals surface area (Å²) in [5, 5.41) is 7.33. The summed E-state index contributed by atoms with van der Waals surface area (Å²) in [5.41, 5.74) is 0.984. The van der Waals surface area contributed by atoms with Crippen molar-refractivity contribution in [2.24, 2.45) is 0 Å². The molecule has 0 saturated heterocycles. The van der Waals surface area contributed by atoms with Gasteiger partial charge in [0.1, 0.15) is 0 Å². The standard InChI is InChI=1S/C14H17N3O/c1-3-7-11(8-4-1)13-16-14(18-17-13)15-12-9-5-2-6-10-12/h1,3-4,7-8,12H,2,5-6,9-10H2,(H,15,16,17). The number of hydrogen-bond acceptors (Lipinski definition) is 4. The van der Waals surface area contributed by atoms with Crippen LogP contribution in [0, 0.1) is 0 Å². The lowest BCUT2D eigenvalue weighted by atomic mass is 9.96. The first kappa shape index (κ1) is 11.3. The van der Waals surface area contributed by atoms with Gasteiger partial charge in [-0.15, -0.1) is 0 Å². The Labute approximate surface area is 106 Å². The van der Waals surface area contributed by atoms with Crippen molar-refractivity contribution in [1.82, 2.24) is 10.1 Å². The molecule has 1 aromatic heterocycles. The molecular weight excluding hydrogens is 226 g/mol. The van der Waals surface area contributed by atoms with Crippen molar-refractivity contribution in [3.63, 3.8) is 0 Å². The van der Waals surface area contributed by atoms with Crippen LogP contribution in [-0.4, -0.2) is 16.2 Å². The molecule has 0 radical (unpaired) electrons. The fraction of sp³-hybridized carbons (Fsp3) is 0.429. The summed E-state index contributed by atoms with van der Waals surface area (Å²) in [6.45, 7) is 0. The Kier molecular flexibility index (Phi) is 3.26. The fourth-order valence-electron chi connectivity index (χ4n) is 2.41. The minimum Gasteiger partial charge on any atom is -0.335 e. The van der Waals surface area contributed by atoms with E-state index in [-0.39, 0.29) is 0 Å². The molecule has 1 saturated carbocycles. The van der Waals surface area contributed by atoms with E-state index in [0.29, 0.717) is 17.9 Å². The predicted octanol–water partition coefficient (Wildman–Crippen LogP) is 3.48. The van der Waals surface area contributed by atoms with E-state index in [2.05, 4.69) is 15.5 Å². The molecule has 1 N–H and O–H groups in total. The summed E-state index contributed by atoms with van der Waals surface area (Å²) in [4.78, 5) is 4.39. The first-order valence-electron chi connectivity index (χ1n) is 6.57. The molecule has 0 amide bonds. The van der Waals surface area contributed by atoms with Gasteiger partial charge in [0.05, 0.1) is 0 Å². The number of nitrogens with zero attached hydrogens (tertiary/aromatic N) is 2. The van der Waals surface area contributed by atoms with Gasteiger partial charge < -0.3 is 9.84 Å². The lowest BCUT2D eigenvalue weighted by molar-refractivity contribution is 0.407. The van der Waals surface area contributed by atoms with E-state index in [0.717, 1.165) is 5.56 Å². The lowest BCUT2D eigenvalue weighted by Gasteiger charge is -2.21. The number of hydrogen-bond donors (Lipinski definition) is 1. The van der Waals surface area contributed by atoms with Gasteiger partial charge in [-0.05, 0) is 12.8 Å². The van der Waals surface area contributed by atoms with E-state index in [1.54, 1.807) is 0 Å². The van der Waals surface area contributed by atoms with Gasteiger partial charge in [-0.25, -0.2) is 0 Å². The molecule has 1 aliphatic rings. The van der Waals surface area contributed by atoms with Crippen molar-refractivity contribution in [3.05, 3.63) is 30.3 Å². The zero-order chi connectivity index (χ0) is 12.2. The Morgan fingerprint density at radius 1 is 1.06 bits per heavy atom. The first-order valence-corrected chi connectivity index (χ1v) is 6.57. The van der Waals surface area contributed by atoms with Gasteiger partial charge in [-0.3, -0.25) is 0 Å². The van der Waals surface area contributed by atoms with Crippen LogP contribution in [0.1, 0.15) is 32.1 Å². The average molecular weight is 243 g/mol. The molecule has 1 fully saturated rings. The molecule has 18 heavy (non-hydrogen) atoms. The number of rotatable bonds is 3. The Hall–Kier alpha value is -1.84. The second-order valence-electron chi connectivity index (χ2n) is 4.77. The van der Waals surface area contributed by atoms with Crippen molar-refractivity contribution >= 4 is 6.01 Å². The van der Waals surface area contributed by atoms with E-state index in [1.165, 1.54) is 32.1 Å². The molecule has 0 unspecified atom stereocenters. The van der Waals surface area contributed by atoms with Gasteiger partial charge in [-0.1, -0.05) is 54.8 Å². The highest BCUT2D eigenvalue weighted by atomic mass is 16.5. The molecule has 2 aromatic rings. The number of anilines is 1. The molecule has 0 atom stereocenters. The second-order valence-corrected chi connectivity index (χ2v) is 4.77. The summed E-state index contributed by atoms with van der Waals surface area (Å²) < 4.78 is 5.25. The third-order valence-electron chi connectivity index (χ3n) is 3.39. The second kappa shape index (κ2) is 5.21. The van der Waals surface area contributed by atoms with Crippen LogP contribution in [0.3, 0.4) is 0 Å². The first-order chi connectivity index (χ1) is 8.92. The van der Waals surface area contributed by atoms with Crippen LogP contribution in [0.15, 0.2) is 34.9 Å². The maximum absolute atomic E-state index is 5.25. The molecule has 4 nitrogen and oxygen atoms in total. The van der Waals surface area contributed by atoms with Gasteiger partial charge in [0.25, 0.3) is 0 Å². The lowest BCUT2D eigenvalue weighted by Crippen LogP contribution is -2.22. The monoisotopic (exact) mass is 243 g/mol. The maximum atomic E-state index is 5.25. The van der Waals surface area contributed by atoms with Crippen LogP contribution >= 0.6 is 0 Å². The van der Waals surface area contributed by atoms with Crippen LogP contribution < -0.4 is 5.32 Å². The predicted molar refractivity (Wildman–Crippen MR) is 70.2 cm³/mol. The smallest absolute Gasteiger partial charge is 0.322 e. The molecule has 1 aromatic carbocycles. The summed E-state index contributed by atoms with van der Waals surface area (Å²) in [5.74, 6) is 0.647. The van der Waals surface area contributed by atoms with Gasteiger partial charge in [0.15, 0.2) is 0 Å². The van der Waals surface area contributed by atoms with Crippen molar-refractivity contribution in [3.8, 4) is 11.4 Å². The normalized spacial score (nSPS) is 16.7. The van der Waals surface area contributed by atoms with Crippen molar-refractivity contribution < 1.29 is 4.52 Å². The van der Waals surface area contributed by atoms with E-state index in [9.17, 15) is 0 Å². The van der Waals surface area contributed by atoms with Crippen molar-refractivity contribution in [2.75, 3.05) is 5.32 Å². The Morgan fingerprint density at radius 3 is 2.61 bits per heavy atom. The van der Waals surface area contributed by atoms with E-state index in [1.807, 2.05) is 30.3 Å². The SMILES string of the molecule is c1ccc(-c2noc(NC3CCCCC3)n2)cc1. The van der Waals surface area contributed by atoms with E-state index < -0.39 is 0 Å². The molecule has 1 heterocycles. The van der Waals surface area contributed by atoms with Crippen molar-refractivity contribution in [1.29, 1.82) is 0 Å². The molecule has 0 spiro atoms. The summed E-state index contributed by atoms with van der Waals surface area (Å²) in [6.07, 6.45) is 6.32. The molecule has 0 bridgehead atoms.